The smallest absolute Gasteiger partial charge is 0.216 e. The Balaban J connectivity index is 1.92. The van der Waals surface area contributed by atoms with Crippen LogP contribution in [0.2, 0.25) is 0 Å². The zero-order valence-corrected chi connectivity index (χ0v) is 12.0. The van der Waals surface area contributed by atoms with Crippen molar-refractivity contribution in [1.82, 2.24) is 10.2 Å². The minimum atomic E-state index is -0.200. The van der Waals surface area contributed by atoms with Crippen molar-refractivity contribution < 1.29 is 13.9 Å². The predicted octanol–water partition coefficient (Wildman–Crippen LogP) is 1.47. The van der Waals surface area contributed by atoms with Gasteiger partial charge >= 0.3 is 0 Å². The van der Waals surface area contributed by atoms with Gasteiger partial charge in [0.2, 0.25) is 5.91 Å². The third-order valence-electron chi connectivity index (χ3n) is 3.51. The van der Waals surface area contributed by atoms with Crippen molar-refractivity contribution in [2.45, 2.75) is 26.5 Å². The number of halogens is 1. The van der Waals surface area contributed by atoms with Crippen LogP contribution in [-0.2, 0) is 16.1 Å². The lowest BCUT2D eigenvalue weighted by molar-refractivity contribution is -0.120. The number of amides is 1. The minimum absolute atomic E-state index is 0.00140. The maximum absolute atomic E-state index is 13.3. The summed E-state index contributed by atoms with van der Waals surface area (Å²) < 4.78 is 18.9. The van der Waals surface area contributed by atoms with Crippen LogP contribution < -0.4 is 5.32 Å². The normalized spacial score (nSPS) is 19.9. The van der Waals surface area contributed by atoms with E-state index in [1.807, 2.05) is 6.92 Å². The molecule has 1 atom stereocenters. The molecule has 0 spiro atoms. The van der Waals surface area contributed by atoms with Crippen LogP contribution in [0.25, 0.3) is 0 Å². The number of rotatable bonds is 4. The van der Waals surface area contributed by atoms with Crippen LogP contribution in [-0.4, -0.2) is 43.2 Å². The first-order valence-electron chi connectivity index (χ1n) is 6.88. The quantitative estimate of drug-likeness (QED) is 0.908. The highest BCUT2D eigenvalue weighted by Gasteiger charge is 2.21. The summed E-state index contributed by atoms with van der Waals surface area (Å²) in [5.74, 6) is -0.250. The Bertz CT molecular complexity index is 479. The lowest BCUT2D eigenvalue weighted by atomic mass is 10.1. The van der Waals surface area contributed by atoms with Crippen LogP contribution in [0.5, 0.6) is 0 Å². The lowest BCUT2D eigenvalue weighted by Crippen LogP contribution is -2.46. The monoisotopic (exact) mass is 280 g/mol. The second-order valence-corrected chi connectivity index (χ2v) is 5.24. The first-order chi connectivity index (χ1) is 9.54. The van der Waals surface area contributed by atoms with Crippen molar-refractivity contribution in [3.05, 3.63) is 35.1 Å². The Morgan fingerprint density at radius 1 is 1.55 bits per heavy atom. The molecule has 1 aliphatic rings. The summed E-state index contributed by atoms with van der Waals surface area (Å²) in [5.41, 5.74) is 2.10. The third-order valence-corrected chi connectivity index (χ3v) is 3.51. The molecular formula is C15H21FN2O2. The van der Waals surface area contributed by atoms with Crippen molar-refractivity contribution >= 4 is 5.91 Å². The molecule has 1 N–H and O–H groups in total. The van der Waals surface area contributed by atoms with E-state index in [1.54, 1.807) is 12.1 Å². The summed E-state index contributed by atoms with van der Waals surface area (Å²) in [6, 6.07) is 4.88. The van der Waals surface area contributed by atoms with Crippen LogP contribution >= 0.6 is 0 Å². The molecule has 1 fully saturated rings. The number of benzene rings is 1. The number of ether oxygens (including phenoxy) is 1. The van der Waals surface area contributed by atoms with Gasteiger partial charge in [0.25, 0.3) is 0 Å². The molecule has 0 saturated carbocycles. The number of hydrogen-bond donors (Lipinski definition) is 1. The molecule has 1 amide bonds. The highest BCUT2D eigenvalue weighted by Crippen LogP contribution is 2.15. The fourth-order valence-electron chi connectivity index (χ4n) is 2.36. The van der Waals surface area contributed by atoms with Crippen LogP contribution in [0, 0.1) is 12.7 Å². The predicted molar refractivity (Wildman–Crippen MR) is 74.8 cm³/mol. The number of morpholine rings is 1. The van der Waals surface area contributed by atoms with E-state index >= 15 is 0 Å². The fourth-order valence-corrected chi connectivity index (χ4v) is 2.36. The number of nitrogens with one attached hydrogen (secondary N) is 1. The molecule has 1 saturated heterocycles. The van der Waals surface area contributed by atoms with Crippen molar-refractivity contribution in [1.29, 1.82) is 0 Å². The van der Waals surface area contributed by atoms with Gasteiger partial charge in [-0.2, -0.15) is 0 Å². The van der Waals surface area contributed by atoms with E-state index in [0.717, 1.165) is 24.2 Å². The van der Waals surface area contributed by atoms with Crippen LogP contribution in [0.3, 0.4) is 0 Å². The van der Waals surface area contributed by atoms with Gasteiger partial charge in [0.05, 0.1) is 12.7 Å². The van der Waals surface area contributed by atoms with E-state index in [-0.39, 0.29) is 17.8 Å². The van der Waals surface area contributed by atoms with E-state index < -0.39 is 0 Å². The maximum Gasteiger partial charge on any atom is 0.216 e. The standard InChI is InChI=1S/C15H21FN2O2/c1-11-3-4-14(16)7-13(11)9-18-5-6-20-15(10-18)8-17-12(2)19/h3-4,7,15H,5-6,8-10H2,1-2H3,(H,17,19)/t15-/m0/s1. The summed E-state index contributed by atoms with van der Waals surface area (Å²) in [6.45, 7) is 6.93. The molecule has 1 heterocycles. The second kappa shape index (κ2) is 6.81. The number of hydrogen-bond acceptors (Lipinski definition) is 3. The molecule has 4 nitrogen and oxygen atoms in total. The molecule has 2 rings (SSSR count). The Labute approximate surface area is 118 Å². The van der Waals surface area contributed by atoms with Gasteiger partial charge in [-0.15, -0.1) is 0 Å². The average Bonchev–Trinajstić information content (AvgIpc) is 2.41. The van der Waals surface area contributed by atoms with Crippen molar-refractivity contribution in [2.24, 2.45) is 0 Å². The molecule has 5 heteroatoms. The zero-order valence-electron chi connectivity index (χ0n) is 12.0. The van der Waals surface area contributed by atoms with Gasteiger partial charge in [-0.1, -0.05) is 6.07 Å². The molecule has 1 aliphatic heterocycles. The van der Waals surface area contributed by atoms with Gasteiger partial charge in [0.1, 0.15) is 5.82 Å². The van der Waals surface area contributed by atoms with E-state index in [4.69, 9.17) is 4.74 Å². The number of aryl methyl sites for hydroxylation is 1. The Kier molecular flexibility index (Phi) is 5.09. The number of carbonyl (C=O) groups excluding carboxylic acids is 1. The van der Waals surface area contributed by atoms with E-state index in [0.29, 0.717) is 19.7 Å². The van der Waals surface area contributed by atoms with Gasteiger partial charge in [-0.25, -0.2) is 4.39 Å². The fraction of sp³-hybridized carbons (Fsp3) is 0.533. The SMILES string of the molecule is CC(=O)NC[C@H]1CN(Cc2cc(F)ccc2C)CCO1. The number of carbonyl (C=O) groups is 1. The van der Waals surface area contributed by atoms with Crippen molar-refractivity contribution in [3.63, 3.8) is 0 Å². The van der Waals surface area contributed by atoms with Crippen LogP contribution in [0.4, 0.5) is 4.39 Å². The molecule has 0 radical (unpaired) electrons. The van der Waals surface area contributed by atoms with Crippen LogP contribution in [0.15, 0.2) is 18.2 Å². The summed E-state index contributed by atoms with van der Waals surface area (Å²) in [4.78, 5) is 13.2. The zero-order chi connectivity index (χ0) is 14.5. The molecule has 20 heavy (non-hydrogen) atoms. The molecular weight excluding hydrogens is 259 g/mol. The van der Waals surface area contributed by atoms with Crippen molar-refractivity contribution in [2.75, 3.05) is 26.2 Å². The first kappa shape index (κ1) is 14.9. The highest BCUT2D eigenvalue weighted by atomic mass is 19.1. The molecule has 110 valence electrons. The summed E-state index contributed by atoms with van der Waals surface area (Å²) in [7, 11) is 0. The van der Waals surface area contributed by atoms with E-state index in [9.17, 15) is 9.18 Å². The summed E-state index contributed by atoms with van der Waals surface area (Å²) >= 11 is 0. The molecule has 0 aromatic heterocycles. The Hall–Kier alpha value is -1.46. The largest absolute Gasteiger partial charge is 0.374 e. The molecule has 0 unspecified atom stereocenters. The van der Waals surface area contributed by atoms with E-state index in [1.165, 1.54) is 13.0 Å². The first-order valence-corrected chi connectivity index (χ1v) is 6.88. The van der Waals surface area contributed by atoms with Gasteiger partial charge in [0, 0.05) is 33.1 Å². The van der Waals surface area contributed by atoms with Crippen molar-refractivity contribution in [3.8, 4) is 0 Å². The lowest BCUT2D eigenvalue weighted by Gasteiger charge is -2.33. The van der Waals surface area contributed by atoms with E-state index in [2.05, 4.69) is 10.2 Å². The van der Waals surface area contributed by atoms with Gasteiger partial charge in [-0.3, -0.25) is 9.69 Å². The average molecular weight is 280 g/mol. The second-order valence-electron chi connectivity index (χ2n) is 5.24. The third kappa shape index (κ3) is 4.28. The van der Waals surface area contributed by atoms with Gasteiger partial charge < -0.3 is 10.1 Å². The van der Waals surface area contributed by atoms with Gasteiger partial charge in [-0.05, 0) is 30.2 Å². The highest BCUT2D eigenvalue weighted by molar-refractivity contribution is 5.72. The maximum atomic E-state index is 13.3. The Morgan fingerprint density at radius 2 is 2.35 bits per heavy atom. The summed E-state index contributed by atoms with van der Waals surface area (Å²) in [5, 5.41) is 2.77. The molecule has 0 aliphatic carbocycles. The van der Waals surface area contributed by atoms with Gasteiger partial charge in [0.15, 0.2) is 0 Å². The van der Waals surface area contributed by atoms with Crippen LogP contribution in [0.1, 0.15) is 18.1 Å². The molecule has 0 bridgehead atoms. The topological polar surface area (TPSA) is 41.6 Å². The summed E-state index contributed by atoms with van der Waals surface area (Å²) in [6.07, 6.45) is 0.00140. The number of nitrogens with zero attached hydrogens (tertiary/aromatic N) is 1. The molecule has 1 aromatic rings. The minimum Gasteiger partial charge on any atom is -0.374 e. The Morgan fingerprint density at radius 3 is 3.10 bits per heavy atom. The molecule has 1 aromatic carbocycles.